The van der Waals surface area contributed by atoms with E-state index in [1.807, 2.05) is 0 Å². The molecule has 0 aliphatic rings. The molecule has 0 amide bonds. The van der Waals surface area contributed by atoms with E-state index in [4.69, 9.17) is 10.2 Å². The van der Waals surface area contributed by atoms with E-state index >= 15 is 0 Å². The SMILES string of the molecule is CC(CN)S(=O)(=O)N(C)Cc1ccoc1. The summed E-state index contributed by atoms with van der Waals surface area (Å²) in [5.41, 5.74) is 6.17. The van der Waals surface area contributed by atoms with Gasteiger partial charge >= 0.3 is 0 Å². The lowest BCUT2D eigenvalue weighted by molar-refractivity contribution is 0.455. The van der Waals surface area contributed by atoms with Crippen LogP contribution in [-0.4, -0.2) is 31.6 Å². The molecule has 0 spiro atoms. The first-order valence-corrected chi connectivity index (χ1v) is 6.15. The Bertz CT molecular complexity index is 385. The fourth-order valence-corrected chi connectivity index (χ4v) is 2.35. The third-order valence-electron chi connectivity index (χ3n) is 2.26. The summed E-state index contributed by atoms with van der Waals surface area (Å²) in [6.45, 7) is 2.03. The van der Waals surface area contributed by atoms with E-state index in [1.54, 1.807) is 13.0 Å². The summed E-state index contributed by atoms with van der Waals surface area (Å²) in [6.07, 6.45) is 3.04. The van der Waals surface area contributed by atoms with Crippen molar-refractivity contribution in [2.45, 2.75) is 18.7 Å². The van der Waals surface area contributed by atoms with Gasteiger partial charge in [0.25, 0.3) is 0 Å². The van der Waals surface area contributed by atoms with Crippen LogP contribution in [0.2, 0.25) is 0 Å². The Morgan fingerprint density at radius 3 is 2.73 bits per heavy atom. The summed E-state index contributed by atoms with van der Waals surface area (Å²) >= 11 is 0. The predicted octanol–water partition coefficient (Wildman–Crippen LogP) is 0.388. The van der Waals surface area contributed by atoms with Crippen LogP contribution in [0.1, 0.15) is 12.5 Å². The number of furan rings is 1. The normalized spacial score (nSPS) is 14.4. The lowest BCUT2D eigenvalue weighted by Crippen LogP contribution is -2.38. The van der Waals surface area contributed by atoms with Crippen LogP contribution in [0.25, 0.3) is 0 Å². The Hall–Kier alpha value is -0.850. The lowest BCUT2D eigenvalue weighted by Gasteiger charge is -2.20. The first-order chi connectivity index (χ1) is 6.98. The predicted molar refractivity (Wildman–Crippen MR) is 57.6 cm³/mol. The number of sulfonamides is 1. The van der Waals surface area contributed by atoms with Crippen LogP contribution in [0.15, 0.2) is 23.0 Å². The fraction of sp³-hybridized carbons (Fsp3) is 0.556. The van der Waals surface area contributed by atoms with E-state index in [9.17, 15) is 8.42 Å². The Morgan fingerprint density at radius 1 is 1.60 bits per heavy atom. The topological polar surface area (TPSA) is 76.5 Å². The van der Waals surface area contributed by atoms with Crippen molar-refractivity contribution in [3.8, 4) is 0 Å². The minimum atomic E-state index is -3.30. The summed E-state index contributed by atoms with van der Waals surface area (Å²) in [4.78, 5) is 0. The van der Waals surface area contributed by atoms with E-state index < -0.39 is 15.3 Å². The molecule has 86 valence electrons. The Labute approximate surface area is 89.9 Å². The maximum atomic E-state index is 11.8. The number of hydrogen-bond donors (Lipinski definition) is 1. The summed E-state index contributed by atoms with van der Waals surface area (Å²) in [7, 11) is -1.76. The first kappa shape index (κ1) is 12.2. The molecule has 0 aliphatic heterocycles. The molecule has 1 rings (SSSR count). The number of rotatable bonds is 5. The second-order valence-electron chi connectivity index (χ2n) is 3.48. The van der Waals surface area contributed by atoms with Crippen molar-refractivity contribution >= 4 is 10.0 Å². The van der Waals surface area contributed by atoms with Crippen LogP contribution >= 0.6 is 0 Å². The monoisotopic (exact) mass is 232 g/mol. The molecule has 0 aliphatic carbocycles. The zero-order chi connectivity index (χ0) is 11.5. The molecular weight excluding hydrogens is 216 g/mol. The van der Waals surface area contributed by atoms with Crippen molar-refractivity contribution in [2.24, 2.45) is 5.73 Å². The minimum Gasteiger partial charge on any atom is -0.472 e. The fourth-order valence-electron chi connectivity index (χ4n) is 1.16. The highest BCUT2D eigenvalue weighted by atomic mass is 32.2. The second kappa shape index (κ2) is 4.78. The van der Waals surface area contributed by atoms with Gasteiger partial charge in [0.15, 0.2) is 0 Å². The van der Waals surface area contributed by atoms with E-state index in [0.717, 1.165) is 5.56 Å². The van der Waals surface area contributed by atoms with Gasteiger partial charge in [-0.05, 0) is 13.0 Å². The van der Waals surface area contributed by atoms with Gasteiger partial charge in [0.2, 0.25) is 10.0 Å². The second-order valence-corrected chi connectivity index (χ2v) is 5.94. The Kier molecular flexibility index (Phi) is 3.90. The van der Waals surface area contributed by atoms with Crippen LogP contribution < -0.4 is 5.73 Å². The summed E-state index contributed by atoms with van der Waals surface area (Å²) in [5, 5.41) is -0.561. The number of hydrogen-bond acceptors (Lipinski definition) is 4. The van der Waals surface area contributed by atoms with E-state index in [0.29, 0.717) is 6.54 Å². The van der Waals surface area contributed by atoms with E-state index in [2.05, 4.69) is 0 Å². The molecular formula is C9H16N2O3S. The Balaban J connectivity index is 2.72. The van der Waals surface area contributed by atoms with Crippen molar-refractivity contribution in [2.75, 3.05) is 13.6 Å². The van der Waals surface area contributed by atoms with Crippen LogP contribution in [0, 0.1) is 0 Å². The van der Waals surface area contributed by atoms with Gasteiger partial charge in [0.05, 0.1) is 17.8 Å². The van der Waals surface area contributed by atoms with Crippen LogP contribution in [0.3, 0.4) is 0 Å². The molecule has 5 nitrogen and oxygen atoms in total. The lowest BCUT2D eigenvalue weighted by atomic mass is 10.3. The van der Waals surface area contributed by atoms with Crippen molar-refractivity contribution < 1.29 is 12.8 Å². The molecule has 1 heterocycles. The molecule has 1 aromatic heterocycles. The molecule has 1 atom stereocenters. The quantitative estimate of drug-likeness (QED) is 0.796. The molecule has 0 radical (unpaired) electrons. The maximum absolute atomic E-state index is 11.8. The van der Waals surface area contributed by atoms with Gasteiger partial charge < -0.3 is 10.2 Å². The summed E-state index contributed by atoms with van der Waals surface area (Å²) in [6, 6.07) is 1.74. The van der Waals surface area contributed by atoms with Crippen molar-refractivity contribution in [1.82, 2.24) is 4.31 Å². The van der Waals surface area contributed by atoms with Gasteiger partial charge in [0.1, 0.15) is 0 Å². The molecule has 1 aromatic rings. The van der Waals surface area contributed by atoms with Crippen molar-refractivity contribution in [3.05, 3.63) is 24.2 Å². The number of nitrogens with two attached hydrogens (primary N) is 1. The van der Waals surface area contributed by atoms with Gasteiger partial charge in [-0.1, -0.05) is 0 Å². The standard InChI is InChI=1S/C9H16N2O3S/c1-8(5-10)15(12,13)11(2)6-9-3-4-14-7-9/h3-4,7-8H,5-6,10H2,1-2H3. The third kappa shape index (κ3) is 2.80. The molecule has 6 heteroatoms. The highest BCUT2D eigenvalue weighted by Gasteiger charge is 2.24. The van der Waals surface area contributed by atoms with Crippen molar-refractivity contribution in [1.29, 1.82) is 0 Å². The van der Waals surface area contributed by atoms with Crippen LogP contribution in [0.5, 0.6) is 0 Å². The molecule has 15 heavy (non-hydrogen) atoms. The minimum absolute atomic E-state index is 0.123. The highest BCUT2D eigenvalue weighted by Crippen LogP contribution is 2.11. The Morgan fingerprint density at radius 2 is 2.27 bits per heavy atom. The molecule has 0 saturated carbocycles. The molecule has 0 fully saturated rings. The molecule has 1 unspecified atom stereocenters. The smallest absolute Gasteiger partial charge is 0.218 e. The van der Waals surface area contributed by atoms with E-state index in [1.165, 1.54) is 23.9 Å². The zero-order valence-corrected chi connectivity index (χ0v) is 9.70. The average Bonchev–Trinajstić information content (AvgIpc) is 2.68. The van der Waals surface area contributed by atoms with Gasteiger partial charge in [0, 0.05) is 25.7 Å². The van der Waals surface area contributed by atoms with Gasteiger partial charge in [-0.2, -0.15) is 0 Å². The summed E-state index contributed by atoms with van der Waals surface area (Å²) < 4.78 is 29.8. The number of nitrogens with zero attached hydrogens (tertiary/aromatic N) is 1. The van der Waals surface area contributed by atoms with Gasteiger partial charge in [-0.3, -0.25) is 0 Å². The maximum Gasteiger partial charge on any atom is 0.218 e. The zero-order valence-electron chi connectivity index (χ0n) is 8.88. The molecule has 2 N–H and O–H groups in total. The van der Waals surface area contributed by atoms with Gasteiger partial charge in [-0.25, -0.2) is 12.7 Å². The molecule has 0 saturated heterocycles. The third-order valence-corrected chi connectivity index (χ3v) is 4.47. The molecule has 0 aromatic carbocycles. The average molecular weight is 232 g/mol. The van der Waals surface area contributed by atoms with E-state index in [-0.39, 0.29) is 6.54 Å². The van der Waals surface area contributed by atoms with Crippen LogP contribution in [0.4, 0.5) is 0 Å². The van der Waals surface area contributed by atoms with Crippen molar-refractivity contribution in [3.63, 3.8) is 0 Å². The first-order valence-electron chi connectivity index (χ1n) is 4.64. The summed E-state index contributed by atoms with van der Waals surface area (Å²) in [5.74, 6) is 0. The highest BCUT2D eigenvalue weighted by molar-refractivity contribution is 7.89. The largest absolute Gasteiger partial charge is 0.472 e. The van der Waals surface area contributed by atoms with Gasteiger partial charge in [-0.15, -0.1) is 0 Å². The molecule has 0 bridgehead atoms. The van der Waals surface area contributed by atoms with Crippen LogP contribution in [-0.2, 0) is 16.6 Å².